The van der Waals surface area contributed by atoms with Gasteiger partial charge in [-0.15, -0.1) is 0 Å². The highest BCUT2D eigenvalue weighted by molar-refractivity contribution is 4.82. The molecule has 2 unspecified atom stereocenters. The van der Waals surface area contributed by atoms with Crippen molar-refractivity contribution in [3.8, 4) is 0 Å². The first kappa shape index (κ1) is 16.2. The van der Waals surface area contributed by atoms with Crippen LogP contribution in [0.15, 0.2) is 0 Å². The number of hydrogen-bond donors (Lipinski definition) is 1. The Labute approximate surface area is 124 Å². The van der Waals surface area contributed by atoms with Gasteiger partial charge in [-0.1, -0.05) is 0 Å². The maximum atomic E-state index is 9.10. The van der Waals surface area contributed by atoms with Gasteiger partial charge in [-0.3, -0.25) is 0 Å². The molecule has 0 aromatic rings. The number of hydrogen-bond acceptors (Lipinski definition) is 4. The second-order valence-corrected chi connectivity index (χ2v) is 6.89. The van der Waals surface area contributed by atoms with Gasteiger partial charge in [0.2, 0.25) is 0 Å². The highest BCUT2D eigenvalue weighted by Gasteiger charge is 2.29. The molecule has 118 valence electrons. The van der Waals surface area contributed by atoms with E-state index >= 15 is 0 Å². The third-order valence-electron chi connectivity index (χ3n) is 5.13. The van der Waals surface area contributed by atoms with Crippen molar-refractivity contribution < 1.29 is 5.11 Å². The standard InChI is InChI=1S/C16H33N3O/c1-17-7-4-8-19(11-10-17)14-16-13-18(2)9-6-15(16)5-3-12-20/h15-16,20H,3-14H2,1-2H3. The van der Waals surface area contributed by atoms with Crippen LogP contribution in [0.4, 0.5) is 0 Å². The summed E-state index contributed by atoms with van der Waals surface area (Å²) in [5.41, 5.74) is 0. The van der Waals surface area contributed by atoms with E-state index in [1.165, 1.54) is 65.1 Å². The summed E-state index contributed by atoms with van der Waals surface area (Å²) >= 11 is 0. The van der Waals surface area contributed by atoms with E-state index in [1.54, 1.807) is 0 Å². The molecule has 0 bridgehead atoms. The third-order valence-corrected chi connectivity index (χ3v) is 5.13. The molecule has 2 aliphatic heterocycles. The van der Waals surface area contributed by atoms with Crippen molar-refractivity contribution in [2.24, 2.45) is 11.8 Å². The topological polar surface area (TPSA) is 30.0 Å². The van der Waals surface area contributed by atoms with Gasteiger partial charge < -0.3 is 19.8 Å². The monoisotopic (exact) mass is 283 g/mol. The fourth-order valence-corrected chi connectivity index (χ4v) is 3.82. The van der Waals surface area contributed by atoms with Gasteiger partial charge in [-0.05, 0) is 71.2 Å². The largest absolute Gasteiger partial charge is 0.396 e. The van der Waals surface area contributed by atoms with E-state index in [-0.39, 0.29) is 0 Å². The first-order valence-corrected chi connectivity index (χ1v) is 8.39. The summed E-state index contributed by atoms with van der Waals surface area (Å²) in [5.74, 6) is 1.61. The van der Waals surface area contributed by atoms with Gasteiger partial charge in [0.25, 0.3) is 0 Å². The van der Waals surface area contributed by atoms with Crippen LogP contribution >= 0.6 is 0 Å². The van der Waals surface area contributed by atoms with Crippen LogP contribution in [0.3, 0.4) is 0 Å². The van der Waals surface area contributed by atoms with Crippen molar-refractivity contribution in [3.05, 3.63) is 0 Å². The molecule has 2 rings (SSSR count). The number of nitrogens with zero attached hydrogens (tertiary/aromatic N) is 3. The Balaban J connectivity index is 1.85. The van der Waals surface area contributed by atoms with Crippen molar-refractivity contribution in [1.82, 2.24) is 14.7 Å². The molecule has 2 fully saturated rings. The predicted octanol–water partition coefficient (Wildman–Crippen LogP) is 0.964. The Morgan fingerprint density at radius 2 is 1.80 bits per heavy atom. The molecule has 0 amide bonds. The van der Waals surface area contributed by atoms with Crippen LogP contribution in [0.2, 0.25) is 0 Å². The fourth-order valence-electron chi connectivity index (χ4n) is 3.82. The Kier molecular flexibility index (Phi) is 6.75. The van der Waals surface area contributed by atoms with Crippen LogP contribution < -0.4 is 0 Å². The quantitative estimate of drug-likeness (QED) is 0.814. The van der Waals surface area contributed by atoms with Crippen molar-refractivity contribution in [3.63, 3.8) is 0 Å². The van der Waals surface area contributed by atoms with Crippen LogP contribution in [0, 0.1) is 11.8 Å². The number of rotatable bonds is 5. The lowest BCUT2D eigenvalue weighted by Crippen LogP contribution is -2.44. The highest BCUT2D eigenvalue weighted by Crippen LogP contribution is 2.28. The molecule has 0 radical (unpaired) electrons. The molecule has 2 aliphatic rings. The SMILES string of the molecule is CN1CCCN(CC2CN(C)CCC2CCCO)CC1. The normalized spacial score (nSPS) is 31.4. The van der Waals surface area contributed by atoms with Crippen LogP contribution in [-0.2, 0) is 0 Å². The zero-order valence-corrected chi connectivity index (χ0v) is 13.4. The van der Waals surface area contributed by atoms with Gasteiger partial charge in [-0.25, -0.2) is 0 Å². The van der Waals surface area contributed by atoms with Crippen LogP contribution in [0.25, 0.3) is 0 Å². The molecular weight excluding hydrogens is 250 g/mol. The average Bonchev–Trinajstić information content (AvgIpc) is 2.63. The van der Waals surface area contributed by atoms with Gasteiger partial charge in [0.1, 0.15) is 0 Å². The van der Waals surface area contributed by atoms with E-state index in [0.29, 0.717) is 6.61 Å². The summed E-state index contributed by atoms with van der Waals surface area (Å²) < 4.78 is 0. The van der Waals surface area contributed by atoms with Crippen LogP contribution in [0.1, 0.15) is 25.7 Å². The molecule has 4 heteroatoms. The van der Waals surface area contributed by atoms with Crippen molar-refractivity contribution in [2.75, 3.05) is 66.5 Å². The molecule has 0 aromatic heterocycles. The lowest BCUT2D eigenvalue weighted by Gasteiger charge is -2.39. The van der Waals surface area contributed by atoms with Gasteiger partial charge >= 0.3 is 0 Å². The minimum Gasteiger partial charge on any atom is -0.396 e. The number of piperidine rings is 1. The molecule has 0 aromatic carbocycles. The second kappa shape index (κ2) is 8.32. The van der Waals surface area contributed by atoms with Crippen LogP contribution in [0.5, 0.6) is 0 Å². The molecule has 4 nitrogen and oxygen atoms in total. The molecule has 2 heterocycles. The lowest BCUT2D eigenvalue weighted by molar-refractivity contribution is 0.0927. The molecule has 2 saturated heterocycles. The van der Waals surface area contributed by atoms with Crippen LogP contribution in [-0.4, -0.2) is 86.3 Å². The third kappa shape index (κ3) is 4.99. The Morgan fingerprint density at radius 1 is 0.950 bits per heavy atom. The fraction of sp³-hybridized carbons (Fsp3) is 1.00. The number of aliphatic hydroxyl groups is 1. The Bertz CT molecular complexity index is 272. The van der Waals surface area contributed by atoms with E-state index < -0.39 is 0 Å². The molecule has 1 N–H and O–H groups in total. The lowest BCUT2D eigenvalue weighted by atomic mass is 9.82. The van der Waals surface area contributed by atoms with Gasteiger partial charge in [0, 0.05) is 32.8 Å². The summed E-state index contributed by atoms with van der Waals surface area (Å²) in [6, 6.07) is 0. The Morgan fingerprint density at radius 3 is 2.60 bits per heavy atom. The highest BCUT2D eigenvalue weighted by atomic mass is 16.2. The van der Waals surface area contributed by atoms with E-state index in [1.807, 2.05) is 0 Å². The molecule has 2 atom stereocenters. The van der Waals surface area contributed by atoms with E-state index in [2.05, 4.69) is 28.8 Å². The Hall–Kier alpha value is -0.160. The minimum atomic E-state index is 0.355. The van der Waals surface area contributed by atoms with Gasteiger partial charge in [0.05, 0.1) is 0 Å². The number of aliphatic hydroxyl groups excluding tert-OH is 1. The maximum absolute atomic E-state index is 9.10. The molecule has 0 aliphatic carbocycles. The van der Waals surface area contributed by atoms with Gasteiger partial charge in [0.15, 0.2) is 0 Å². The molecule has 0 saturated carbocycles. The second-order valence-electron chi connectivity index (χ2n) is 6.89. The molecular formula is C16H33N3O. The summed E-state index contributed by atoms with van der Waals surface area (Å²) in [5, 5.41) is 9.10. The summed E-state index contributed by atoms with van der Waals surface area (Å²) in [7, 11) is 4.49. The maximum Gasteiger partial charge on any atom is 0.0431 e. The van der Waals surface area contributed by atoms with E-state index in [4.69, 9.17) is 5.11 Å². The smallest absolute Gasteiger partial charge is 0.0431 e. The predicted molar refractivity (Wildman–Crippen MR) is 84.0 cm³/mol. The molecule has 0 spiro atoms. The number of likely N-dealkylation sites (N-methyl/N-ethyl adjacent to an activating group) is 1. The summed E-state index contributed by atoms with van der Waals surface area (Å²) in [6.45, 7) is 9.03. The first-order valence-electron chi connectivity index (χ1n) is 8.39. The van der Waals surface area contributed by atoms with E-state index in [9.17, 15) is 0 Å². The summed E-state index contributed by atoms with van der Waals surface area (Å²) in [4.78, 5) is 7.62. The molecule has 20 heavy (non-hydrogen) atoms. The minimum absolute atomic E-state index is 0.355. The van der Waals surface area contributed by atoms with Crippen molar-refractivity contribution >= 4 is 0 Å². The van der Waals surface area contributed by atoms with Crippen molar-refractivity contribution in [1.29, 1.82) is 0 Å². The zero-order chi connectivity index (χ0) is 14.4. The van der Waals surface area contributed by atoms with E-state index in [0.717, 1.165) is 18.3 Å². The van der Waals surface area contributed by atoms with Gasteiger partial charge in [-0.2, -0.15) is 0 Å². The average molecular weight is 283 g/mol. The number of likely N-dealkylation sites (tertiary alicyclic amines) is 1. The van der Waals surface area contributed by atoms with Crippen molar-refractivity contribution in [2.45, 2.75) is 25.7 Å². The first-order chi connectivity index (χ1) is 9.69. The zero-order valence-electron chi connectivity index (χ0n) is 13.4. The summed E-state index contributed by atoms with van der Waals surface area (Å²) in [6.07, 6.45) is 4.81.